The summed E-state index contributed by atoms with van der Waals surface area (Å²) in [5.74, 6) is -0.572. The van der Waals surface area contributed by atoms with Crippen LogP contribution in [0.1, 0.15) is 61.8 Å². The zero-order valence-electron chi connectivity index (χ0n) is 19.2. The van der Waals surface area contributed by atoms with Gasteiger partial charge >= 0.3 is 13.1 Å². The van der Waals surface area contributed by atoms with Crippen LogP contribution in [-0.2, 0) is 20.6 Å². The summed E-state index contributed by atoms with van der Waals surface area (Å²) in [5.41, 5.74) is 1.17. The number of halogens is 1. The van der Waals surface area contributed by atoms with Crippen molar-refractivity contribution in [1.82, 2.24) is 15.0 Å². The van der Waals surface area contributed by atoms with E-state index in [0.717, 1.165) is 16.7 Å². The predicted octanol–water partition coefficient (Wildman–Crippen LogP) is 4.08. The molecule has 0 N–H and O–H groups in total. The lowest BCUT2D eigenvalue weighted by atomic mass is 9.81. The van der Waals surface area contributed by atoms with Crippen LogP contribution in [-0.4, -0.2) is 45.9 Å². The lowest BCUT2D eigenvalue weighted by Gasteiger charge is -2.32. The quantitative estimate of drug-likeness (QED) is 0.509. The Morgan fingerprint density at radius 1 is 1.19 bits per heavy atom. The van der Waals surface area contributed by atoms with Gasteiger partial charge in [0.2, 0.25) is 0 Å². The van der Waals surface area contributed by atoms with E-state index >= 15 is 4.39 Å². The number of hydrogen-bond donors (Lipinski definition) is 0. The fourth-order valence-electron chi connectivity index (χ4n) is 3.28. The van der Waals surface area contributed by atoms with Crippen LogP contribution >= 0.6 is 0 Å². The van der Waals surface area contributed by atoms with Crippen molar-refractivity contribution in [2.24, 2.45) is 0 Å². The molecule has 0 radical (unpaired) electrons. The molecule has 166 valence electrons. The van der Waals surface area contributed by atoms with Crippen molar-refractivity contribution >= 4 is 18.7 Å². The predicted molar refractivity (Wildman–Crippen MR) is 116 cm³/mol. The average Bonchev–Trinajstić information content (AvgIpc) is 3.23. The molecule has 0 amide bonds. The highest BCUT2D eigenvalue weighted by Gasteiger charge is 2.53. The van der Waals surface area contributed by atoms with Gasteiger partial charge in [-0.25, -0.2) is 13.9 Å². The summed E-state index contributed by atoms with van der Waals surface area (Å²) in [6.45, 7) is 13.4. The third kappa shape index (κ3) is 4.72. The van der Waals surface area contributed by atoms with Gasteiger partial charge in [-0.2, -0.15) is 0 Å². The van der Waals surface area contributed by atoms with Gasteiger partial charge in [0.15, 0.2) is 5.69 Å². The van der Waals surface area contributed by atoms with Crippen molar-refractivity contribution in [2.45, 2.75) is 66.2 Å². The summed E-state index contributed by atoms with van der Waals surface area (Å²) in [6.07, 6.45) is 1.45. The SMILES string of the molecule is CCOC(=O)c1cn(CC(=C(F)B2OC(C)(C)C(C)(C)O2)c2cc(C)ccc2C)nn1. The monoisotopic (exact) mass is 429 g/mol. The Balaban J connectivity index is 2.03. The smallest absolute Gasteiger partial charge is 0.461 e. The van der Waals surface area contributed by atoms with Crippen molar-refractivity contribution < 1.29 is 23.2 Å². The summed E-state index contributed by atoms with van der Waals surface area (Å²) in [7, 11) is -1.15. The molecule has 0 unspecified atom stereocenters. The van der Waals surface area contributed by atoms with Gasteiger partial charge in [0.05, 0.1) is 30.6 Å². The molecule has 0 spiro atoms. The van der Waals surface area contributed by atoms with Crippen molar-refractivity contribution in [3.8, 4) is 0 Å². The average molecular weight is 429 g/mol. The van der Waals surface area contributed by atoms with Crippen LogP contribution in [0.5, 0.6) is 0 Å². The number of aryl methyl sites for hydroxylation is 2. The van der Waals surface area contributed by atoms with Crippen LogP contribution in [0.25, 0.3) is 5.57 Å². The summed E-state index contributed by atoms with van der Waals surface area (Å²) in [4.78, 5) is 11.9. The van der Waals surface area contributed by atoms with E-state index in [0.29, 0.717) is 5.57 Å². The molecule has 3 rings (SSSR count). The lowest BCUT2D eigenvalue weighted by Crippen LogP contribution is -2.41. The molecular formula is C22H29BFN3O4. The molecule has 1 fully saturated rings. The molecule has 9 heteroatoms. The Morgan fingerprint density at radius 3 is 2.45 bits per heavy atom. The van der Waals surface area contributed by atoms with Gasteiger partial charge in [-0.15, -0.1) is 5.10 Å². The van der Waals surface area contributed by atoms with Crippen LogP contribution in [0, 0.1) is 13.8 Å². The first-order chi connectivity index (χ1) is 14.4. The van der Waals surface area contributed by atoms with E-state index in [2.05, 4.69) is 10.3 Å². The number of esters is 1. The summed E-state index contributed by atoms with van der Waals surface area (Å²) in [5, 5.41) is 7.84. The third-order valence-electron chi connectivity index (χ3n) is 5.81. The molecule has 1 aromatic heterocycles. The molecule has 1 saturated heterocycles. The van der Waals surface area contributed by atoms with Crippen molar-refractivity contribution in [1.29, 1.82) is 0 Å². The number of ether oxygens (including phenoxy) is 1. The number of nitrogens with zero attached hydrogens (tertiary/aromatic N) is 3. The normalized spacial score (nSPS) is 18.1. The van der Waals surface area contributed by atoms with Crippen LogP contribution in [0.4, 0.5) is 4.39 Å². The summed E-state index contributed by atoms with van der Waals surface area (Å²) in [6, 6.07) is 5.82. The van der Waals surface area contributed by atoms with Crippen LogP contribution in [0.15, 0.2) is 30.1 Å². The minimum absolute atomic E-state index is 0.0482. The highest BCUT2D eigenvalue weighted by Crippen LogP contribution is 2.40. The lowest BCUT2D eigenvalue weighted by molar-refractivity contribution is 0.00578. The topological polar surface area (TPSA) is 75.5 Å². The Labute approximate surface area is 182 Å². The van der Waals surface area contributed by atoms with Gasteiger partial charge in [-0.05, 0) is 59.6 Å². The van der Waals surface area contributed by atoms with E-state index in [-0.39, 0.29) is 18.8 Å². The summed E-state index contributed by atoms with van der Waals surface area (Å²) < 4.78 is 34.1. The minimum atomic E-state index is -1.15. The maximum Gasteiger partial charge on any atom is 0.525 e. The van der Waals surface area contributed by atoms with Crippen LogP contribution < -0.4 is 0 Å². The largest absolute Gasteiger partial charge is 0.525 e. The zero-order valence-corrected chi connectivity index (χ0v) is 19.2. The van der Waals surface area contributed by atoms with E-state index in [9.17, 15) is 4.79 Å². The van der Waals surface area contributed by atoms with Gasteiger partial charge in [0.25, 0.3) is 0 Å². The molecule has 0 saturated carbocycles. The molecule has 0 atom stereocenters. The summed E-state index contributed by atoms with van der Waals surface area (Å²) >= 11 is 0. The third-order valence-corrected chi connectivity index (χ3v) is 5.81. The van der Waals surface area contributed by atoms with Crippen LogP contribution in [0.3, 0.4) is 0 Å². The Kier molecular flexibility index (Phi) is 6.39. The molecule has 31 heavy (non-hydrogen) atoms. The fourth-order valence-corrected chi connectivity index (χ4v) is 3.28. The second kappa shape index (κ2) is 8.55. The molecule has 2 aromatic rings. The van der Waals surface area contributed by atoms with E-state index in [1.54, 1.807) is 6.92 Å². The molecule has 0 bridgehead atoms. The molecule has 7 nitrogen and oxygen atoms in total. The minimum Gasteiger partial charge on any atom is -0.461 e. The fraction of sp³-hybridized carbons (Fsp3) is 0.500. The molecule has 1 aliphatic heterocycles. The van der Waals surface area contributed by atoms with Crippen molar-refractivity contribution in [3.05, 3.63) is 52.5 Å². The zero-order chi connectivity index (χ0) is 23.0. The van der Waals surface area contributed by atoms with E-state index in [4.69, 9.17) is 14.0 Å². The second-order valence-corrected chi connectivity index (χ2v) is 8.75. The first kappa shape index (κ1) is 23.2. The number of carbonyl (C=O) groups is 1. The highest BCUT2D eigenvalue weighted by atomic mass is 19.1. The van der Waals surface area contributed by atoms with Gasteiger partial charge in [0, 0.05) is 5.57 Å². The van der Waals surface area contributed by atoms with Crippen molar-refractivity contribution in [3.63, 3.8) is 0 Å². The van der Waals surface area contributed by atoms with E-state index in [1.165, 1.54) is 10.9 Å². The Bertz CT molecular complexity index is 1000. The first-order valence-corrected chi connectivity index (χ1v) is 10.3. The first-order valence-electron chi connectivity index (χ1n) is 10.3. The van der Waals surface area contributed by atoms with Gasteiger partial charge in [0.1, 0.15) is 5.73 Å². The second-order valence-electron chi connectivity index (χ2n) is 8.75. The number of carbonyl (C=O) groups excluding carboxylic acids is 1. The Morgan fingerprint density at radius 2 is 1.84 bits per heavy atom. The molecule has 0 aliphatic carbocycles. The Hall–Kier alpha value is -2.52. The number of allylic oxidation sites excluding steroid dienone is 1. The molecular weight excluding hydrogens is 400 g/mol. The number of rotatable bonds is 6. The number of benzene rings is 1. The van der Waals surface area contributed by atoms with Crippen molar-refractivity contribution in [2.75, 3.05) is 6.61 Å². The standard InChI is InChI=1S/C22H29BFN3O4/c1-8-29-20(28)18-13-27(26-25-18)12-17(16-11-14(2)9-10-15(16)3)19(24)23-30-21(4,5)22(6,7)31-23/h9-11,13H,8,12H2,1-7H3. The van der Waals surface area contributed by atoms with Gasteiger partial charge < -0.3 is 14.0 Å². The van der Waals surface area contributed by atoms with Gasteiger partial charge in [-0.1, -0.05) is 29.0 Å². The van der Waals surface area contributed by atoms with E-state index in [1.807, 2.05) is 59.7 Å². The maximum absolute atomic E-state index is 15.9. The van der Waals surface area contributed by atoms with E-state index < -0.39 is 30.0 Å². The number of aromatic nitrogens is 3. The molecule has 1 aromatic carbocycles. The highest BCUT2D eigenvalue weighted by molar-refractivity contribution is 6.55. The van der Waals surface area contributed by atoms with Crippen LogP contribution in [0.2, 0.25) is 0 Å². The molecule has 1 aliphatic rings. The molecule has 2 heterocycles. The number of hydrogen-bond acceptors (Lipinski definition) is 6. The maximum atomic E-state index is 15.9. The van der Waals surface area contributed by atoms with Gasteiger partial charge in [-0.3, -0.25) is 0 Å².